The highest BCUT2D eigenvalue weighted by Gasteiger charge is 2.28. The third-order valence-corrected chi connectivity index (χ3v) is 4.34. The lowest BCUT2D eigenvalue weighted by Crippen LogP contribution is -2.35. The maximum absolute atomic E-state index is 10.5. The monoisotopic (exact) mass is 321 g/mol. The van der Waals surface area contributed by atoms with Gasteiger partial charge in [0.15, 0.2) is 5.82 Å². The van der Waals surface area contributed by atoms with E-state index in [4.69, 9.17) is 9.26 Å². The second-order valence-electron chi connectivity index (χ2n) is 5.99. The van der Waals surface area contributed by atoms with Crippen LogP contribution in [0.5, 0.6) is 0 Å². The van der Waals surface area contributed by atoms with Gasteiger partial charge in [-0.3, -0.25) is 4.90 Å². The van der Waals surface area contributed by atoms with E-state index < -0.39 is 6.10 Å². The van der Waals surface area contributed by atoms with E-state index in [1.165, 1.54) is 0 Å². The Bertz CT molecular complexity index is 618. The molecule has 3 heterocycles. The Balaban J connectivity index is 1.51. The number of aliphatic hydroxyl groups excluding tert-OH is 1. The Kier molecular flexibility index (Phi) is 5.04. The van der Waals surface area contributed by atoms with Crippen LogP contribution in [0.25, 0.3) is 0 Å². The highest BCUT2D eigenvalue weighted by atomic mass is 16.5. The van der Waals surface area contributed by atoms with Gasteiger partial charge in [-0.15, -0.1) is 0 Å². The highest BCUT2D eigenvalue weighted by Crippen LogP contribution is 2.30. The normalized spacial score (nSPS) is 18.4. The molecule has 1 aliphatic heterocycles. The van der Waals surface area contributed by atoms with Crippen molar-refractivity contribution in [2.24, 2.45) is 13.0 Å². The molecular formula is C15H23N5O3. The van der Waals surface area contributed by atoms with Crippen LogP contribution in [0, 0.1) is 5.92 Å². The van der Waals surface area contributed by atoms with E-state index in [1.807, 2.05) is 17.8 Å². The van der Waals surface area contributed by atoms with Crippen molar-refractivity contribution in [1.29, 1.82) is 0 Å². The minimum Gasteiger partial charge on any atom is -0.385 e. The van der Waals surface area contributed by atoms with Crippen molar-refractivity contribution in [1.82, 2.24) is 24.6 Å². The third-order valence-electron chi connectivity index (χ3n) is 4.34. The first-order chi connectivity index (χ1) is 11.2. The lowest BCUT2D eigenvalue weighted by molar-refractivity contribution is 0.0465. The molecule has 23 heavy (non-hydrogen) atoms. The lowest BCUT2D eigenvalue weighted by Gasteiger charge is -2.33. The number of rotatable bonds is 6. The Hall–Kier alpha value is -1.77. The molecular weight excluding hydrogens is 298 g/mol. The van der Waals surface area contributed by atoms with Crippen molar-refractivity contribution in [2.75, 3.05) is 20.2 Å². The van der Waals surface area contributed by atoms with Crippen LogP contribution in [0.4, 0.5) is 0 Å². The lowest BCUT2D eigenvalue weighted by atomic mass is 9.91. The predicted molar refractivity (Wildman–Crippen MR) is 81.2 cm³/mol. The first-order valence-corrected chi connectivity index (χ1v) is 7.85. The van der Waals surface area contributed by atoms with Crippen LogP contribution in [0.15, 0.2) is 16.9 Å². The van der Waals surface area contributed by atoms with Crippen LogP contribution in [-0.2, 0) is 24.9 Å². The quantitative estimate of drug-likeness (QED) is 0.845. The fraction of sp³-hybridized carbons (Fsp3) is 0.667. The maximum atomic E-state index is 10.5. The van der Waals surface area contributed by atoms with E-state index in [1.54, 1.807) is 13.3 Å². The fourth-order valence-corrected chi connectivity index (χ4v) is 3.03. The molecule has 0 aliphatic carbocycles. The zero-order valence-electron chi connectivity index (χ0n) is 13.6. The Morgan fingerprint density at radius 2 is 2.22 bits per heavy atom. The first-order valence-electron chi connectivity index (χ1n) is 7.85. The molecule has 2 aromatic heterocycles. The van der Waals surface area contributed by atoms with Gasteiger partial charge in [-0.25, -0.2) is 4.98 Å². The van der Waals surface area contributed by atoms with E-state index >= 15 is 0 Å². The molecule has 0 amide bonds. The van der Waals surface area contributed by atoms with E-state index in [9.17, 15) is 5.11 Å². The van der Waals surface area contributed by atoms with Crippen molar-refractivity contribution in [3.05, 3.63) is 29.9 Å². The number of piperidine rings is 1. The summed E-state index contributed by atoms with van der Waals surface area (Å²) in [6.07, 6.45) is 4.93. The number of hydrogen-bond donors (Lipinski definition) is 1. The van der Waals surface area contributed by atoms with Gasteiger partial charge < -0.3 is 18.9 Å². The molecule has 2 aromatic rings. The minimum atomic E-state index is -0.506. The van der Waals surface area contributed by atoms with Crippen LogP contribution in [0.2, 0.25) is 0 Å². The van der Waals surface area contributed by atoms with E-state index in [-0.39, 0.29) is 5.92 Å². The van der Waals surface area contributed by atoms with Crippen molar-refractivity contribution in [2.45, 2.75) is 32.1 Å². The Morgan fingerprint density at radius 1 is 1.43 bits per heavy atom. The summed E-state index contributed by atoms with van der Waals surface area (Å²) in [6, 6.07) is 0. The largest absolute Gasteiger partial charge is 0.385 e. The molecule has 1 fully saturated rings. The number of likely N-dealkylation sites (tertiary alicyclic amines) is 1. The van der Waals surface area contributed by atoms with Crippen LogP contribution in [-0.4, -0.2) is 49.9 Å². The SMILES string of the molecule is COCc1noc(CN2CCC(C(O)c3nccn3C)CC2)n1. The van der Waals surface area contributed by atoms with Crippen LogP contribution in [0.3, 0.4) is 0 Å². The molecule has 1 aliphatic rings. The molecule has 1 unspecified atom stereocenters. The summed E-state index contributed by atoms with van der Waals surface area (Å²) in [5.41, 5.74) is 0. The summed E-state index contributed by atoms with van der Waals surface area (Å²) < 4.78 is 12.1. The van der Waals surface area contributed by atoms with Gasteiger partial charge in [0.25, 0.3) is 0 Å². The van der Waals surface area contributed by atoms with Gasteiger partial charge in [-0.1, -0.05) is 5.16 Å². The molecule has 0 aromatic carbocycles. The topological polar surface area (TPSA) is 89.4 Å². The van der Waals surface area contributed by atoms with Crippen LogP contribution < -0.4 is 0 Å². The minimum absolute atomic E-state index is 0.235. The van der Waals surface area contributed by atoms with Gasteiger partial charge >= 0.3 is 0 Å². The summed E-state index contributed by atoms with van der Waals surface area (Å²) in [5.74, 6) is 2.16. The second-order valence-corrected chi connectivity index (χ2v) is 5.99. The van der Waals surface area contributed by atoms with Gasteiger partial charge in [0, 0.05) is 26.6 Å². The molecule has 1 N–H and O–H groups in total. The van der Waals surface area contributed by atoms with Crippen molar-refractivity contribution in [3.8, 4) is 0 Å². The summed E-state index contributed by atoms with van der Waals surface area (Å²) >= 11 is 0. The summed E-state index contributed by atoms with van der Waals surface area (Å²) in [6.45, 7) is 2.80. The van der Waals surface area contributed by atoms with Gasteiger partial charge in [0.1, 0.15) is 18.5 Å². The standard InChI is InChI=1S/C15H23N5O3/c1-19-8-5-16-15(19)14(21)11-3-6-20(7-4-11)9-13-17-12(10-22-2)18-23-13/h5,8,11,14,21H,3-4,6-7,9-10H2,1-2H3. The van der Waals surface area contributed by atoms with Crippen LogP contribution in [0.1, 0.15) is 36.5 Å². The number of aryl methyl sites for hydroxylation is 1. The molecule has 0 radical (unpaired) electrons. The number of aliphatic hydroxyl groups is 1. The van der Waals surface area contributed by atoms with Crippen LogP contribution >= 0.6 is 0 Å². The average molecular weight is 321 g/mol. The Labute approximate surface area is 135 Å². The molecule has 8 nitrogen and oxygen atoms in total. The number of aromatic nitrogens is 4. The molecule has 0 spiro atoms. The molecule has 0 bridgehead atoms. The molecule has 1 atom stereocenters. The summed E-state index contributed by atoms with van der Waals surface area (Å²) in [7, 11) is 3.52. The third kappa shape index (κ3) is 3.77. The fourth-order valence-electron chi connectivity index (χ4n) is 3.03. The van der Waals surface area contributed by atoms with E-state index in [2.05, 4.69) is 20.0 Å². The van der Waals surface area contributed by atoms with Crippen molar-refractivity contribution in [3.63, 3.8) is 0 Å². The summed E-state index contributed by atoms with van der Waals surface area (Å²) in [4.78, 5) is 10.8. The predicted octanol–water partition coefficient (Wildman–Crippen LogP) is 0.895. The molecule has 126 valence electrons. The molecule has 0 saturated carbocycles. The van der Waals surface area contributed by atoms with E-state index in [0.29, 0.717) is 24.9 Å². The van der Waals surface area contributed by atoms with Gasteiger partial charge in [-0.05, 0) is 31.8 Å². The molecule has 8 heteroatoms. The van der Waals surface area contributed by atoms with Gasteiger partial charge in [-0.2, -0.15) is 4.98 Å². The zero-order valence-corrected chi connectivity index (χ0v) is 13.6. The smallest absolute Gasteiger partial charge is 0.240 e. The number of ether oxygens (including phenoxy) is 1. The molecule has 1 saturated heterocycles. The second kappa shape index (κ2) is 7.20. The van der Waals surface area contributed by atoms with Crippen molar-refractivity contribution < 1.29 is 14.4 Å². The first kappa shape index (κ1) is 16.1. The maximum Gasteiger partial charge on any atom is 0.240 e. The zero-order chi connectivity index (χ0) is 16.2. The van der Waals surface area contributed by atoms with Gasteiger partial charge in [0.2, 0.25) is 5.89 Å². The number of hydrogen-bond acceptors (Lipinski definition) is 7. The van der Waals surface area contributed by atoms with Crippen molar-refractivity contribution >= 4 is 0 Å². The summed E-state index contributed by atoms with van der Waals surface area (Å²) in [5, 5.41) is 14.4. The van der Waals surface area contributed by atoms with E-state index in [0.717, 1.165) is 31.8 Å². The number of nitrogens with zero attached hydrogens (tertiary/aromatic N) is 5. The molecule has 3 rings (SSSR count). The number of methoxy groups -OCH3 is 1. The Morgan fingerprint density at radius 3 is 2.87 bits per heavy atom. The average Bonchev–Trinajstić information content (AvgIpc) is 3.17. The van der Waals surface area contributed by atoms with Gasteiger partial charge in [0.05, 0.1) is 6.54 Å². The highest BCUT2D eigenvalue weighted by molar-refractivity contribution is 4.98. The number of imidazole rings is 1.